The van der Waals surface area contributed by atoms with E-state index in [1.165, 1.54) is 28.8 Å². The Labute approximate surface area is 244 Å². The number of benzene rings is 2. The van der Waals surface area contributed by atoms with E-state index < -0.39 is 5.41 Å². The Kier molecular flexibility index (Phi) is 8.00. The number of nitrogens with zero attached hydrogens (tertiary/aromatic N) is 4. The van der Waals surface area contributed by atoms with E-state index in [-0.39, 0.29) is 41.7 Å². The first-order valence-corrected chi connectivity index (χ1v) is 14.6. The molecule has 1 N–H and O–H groups in total. The quantitative estimate of drug-likeness (QED) is 0.316. The Morgan fingerprint density at radius 2 is 1.90 bits per heavy atom. The lowest BCUT2D eigenvalue weighted by Gasteiger charge is -2.25. The van der Waals surface area contributed by atoms with Gasteiger partial charge in [0.25, 0.3) is 0 Å². The molecule has 3 heterocycles. The number of carbonyl (C=O) groups is 2. The molecule has 0 bridgehead atoms. The van der Waals surface area contributed by atoms with Crippen LogP contribution in [-0.2, 0) is 21.5 Å². The molecule has 0 saturated heterocycles. The zero-order valence-electron chi connectivity index (χ0n) is 23.9. The van der Waals surface area contributed by atoms with Crippen LogP contribution >= 0.6 is 11.8 Å². The lowest BCUT2D eigenvalue weighted by atomic mass is 9.87. The molecule has 1 aliphatic heterocycles. The maximum atomic E-state index is 14.5. The van der Waals surface area contributed by atoms with Crippen LogP contribution in [0.15, 0.2) is 66.9 Å². The van der Waals surface area contributed by atoms with Crippen LogP contribution in [0, 0.1) is 19.7 Å². The van der Waals surface area contributed by atoms with Gasteiger partial charge in [0, 0.05) is 17.2 Å². The van der Waals surface area contributed by atoms with Gasteiger partial charge >= 0.3 is 0 Å². The maximum Gasteiger partial charge on any atom is 0.240 e. The zero-order valence-corrected chi connectivity index (χ0v) is 24.8. The first kappa shape index (κ1) is 28.5. The molecular formula is C32H34FN5O2S. The summed E-state index contributed by atoms with van der Waals surface area (Å²) in [4.78, 5) is 32.9. The fourth-order valence-corrected chi connectivity index (χ4v) is 6.30. The summed E-state index contributed by atoms with van der Waals surface area (Å²) in [5.74, 6) is -0.201. The van der Waals surface area contributed by atoms with Gasteiger partial charge in [-0.2, -0.15) is 5.10 Å². The number of aromatic nitrogens is 3. The van der Waals surface area contributed by atoms with Gasteiger partial charge < -0.3 is 5.32 Å². The van der Waals surface area contributed by atoms with Gasteiger partial charge in [-0.1, -0.05) is 56.7 Å². The molecule has 7 nitrogen and oxygen atoms in total. The number of anilines is 1. The van der Waals surface area contributed by atoms with Crippen LogP contribution in [0.5, 0.6) is 0 Å². The van der Waals surface area contributed by atoms with E-state index in [1.807, 2.05) is 50.2 Å². The number of rotatable bonds is 6. The molecule has 4 aromatic rings. The fraction of sp³-hybridized carbons (Fsp3) is 0.312. The van der Waals surface area contributed by atoms with Gasteiger partial charge in [0.1, 0.15) is 18.2 Å². The molecule has 0 fully saturated rings. The van der Waals surface area contributed by atoms with Crippen molar-refractivity contribution in [2.75, 3.05) is 17.2 Å². The number of amides is 2. The van der Waals surface area contributed by atoms with Crippen molar-refractivity contribution < 1.29 is 14.0 Å². The second-order valence-electron chi connectivity index (χ2n) is 11.4. The third-order valence-electron chi connectivity index (χ3n) is 7.03. The van der Waals surface area contributed by atoms with Crippen LogP contribution in [0.25, 0.3) is 5.69 Å². The number of pyridine rings is 1. The van der Waals surface area contributed by atoms with Crippen LogP contribution in [0.1, 0.15) is 59.7 Å². The largest absolute Gasteiger partial charge is 0.349 e. The summed E-state index contributed by atoms with van der Waals surface area (Å²) in [6.07, 6.45) is 1.67. The van der Waals surface area contributed by atoms with E-state index in [2.05, 4.69) is 37.1 Å². The highest BCUT2D eigenvalue weighted by molar-refractivity contribution is 8.00. The zero-order chi connectivity index (χ0) is 29.3. The Balaban J connectivity index is 1.68. The van der Waals surface area contributed by atoms with E-state index in [4.69, 9.17) is 5.10 Å². The lowest BCUT2D eigenvalue weighted by Crippen LogP contribution is -2.42. The van der Waals surface area contributed by atoms with E-state index in [9.17, 15) is 14.0 Å². The smallest absolute Gasteiger partial charge is 0.240 e. The number of thioether (sulfide) groups is 1. The highest BCUT2D eigenvalue weighted by Gasteiger charge is 2.40. The molecule has 1 aliphatic rings. The number of halogens is 1. The van der Waals surface area contributed by atoms with Crippen LogP contribution in [-0.4, -0.2) is 38.9 Å². The van der Waals surface area contributed by atoms with Crippen molar-refractivity contribution in [2.45, 2.75) is 51.8 Å². The van der Waals surface area contributed by atoms with Gasteiger partial charge in [-0.25, -0.2) is 9.07 Å². The van der Waals surface area contributed by atoms with Crippen molar-refractivity contribution in [3.8, 4) is 5.69 Å². The standard InChI is InChI=1S/C32H34FN5O2S/c1-20-12-13-25(21(2)15-20)38-31-28(30(36-38)32(3,4)5)29(22-9-8-10-23(33)16-22)41-19-27(40)37(31)18-26(39)35-17-24-11-6-7-14-34-24/h6-16,29H,17-19H2,1-5H3,(H,35,39)/t29-/m0/s1. The molecular weight excluding hydrogens is 537 g/mol. The Bertz CT molecular complexity index is 1600. The Hall–Kier alpha value is -3.98. The summed E-state index contributed by atoms with van der Waals surface area (Å²) in [5, 5.41) is 7.66. The molecule has 0 spiro atoms. The lowest BCUT2D eigenvalue weighted by molar-refractivity contribution is -0.123. The van der Waals surface area contributed by atoms with Crippen molar-refractivity contribution in [3.63, 3.8) is 0 Å². The SMILES string of the molecule is Cc1ccc(-n2nc(C(C)(C)C)c3c2N(CC(=O)NCc2ccccn2)C(=O)CS[C@H]3c2cccc(F)c2)c(C)c1. The van der Waals surface area contributed by atoms with Gasteiger partial charge in [0.15, 0.2) is 0 Å². The second-order valence-corrected chi connectivity index (χ2v) is 12.5. The van der Waals surface area contributed by atoms with Gasteiger partial charge in [0.05, 0.1) is 34.6 Å². The van der Waals surface area contributed by atoms with Gasteiger partial charge in [-0.3, -0.25) is 19.5 Å². The Morgan fingerprint density at radius 1 is 1.10 bits per heavy atom. The molecule has 0 aliphatic carbocycles. The number of carbonyl (C=O) groups excluding carboxylic acids is 2. The topological polar surface area (TPSA) is 80.1 Å². The average Bonchev–Trinajstić information content (AvgIpc) is 3.25. The van der Waals surface area contributed by atoms with Crippen LogP contribution in [0.3, 0.4) is 0 Å². The molecule has 2 amide bonds. The van der Waals surface area contributed by atoms with Crippen molar-refractivity contribution in [3.05, 3.63) is 106 Å². The fourth-order valence-electron chi connectivity index (χ4n) is 5.11. The van der Waals surface area contributed by atoms with Gasteiger partial charge in [-0.15, -0.1) is 11.8 Å². The summed E-state index contributed by atoms with van der Waals surface area (Å²) < 4.78 is 16.3. The summed E-state index contributed by atoms with van der Waals surface area (Å²) in [6, 6.07) is 18.1. The van der Waals surface area contributed by atoms with E-state index in [0.717, 1.165) is 39.3 Å². The van der Waals surface area contributed by atoms with Gasteiger partial charge in [-0.05, 0) is 55.3 Å². The molecule has 1 atom stereocenters. The average molecular weight is 572 g/mol. The third kappa shape index (κ3) is 6.05. The van der Waals surface area contributed by atoms with E-state index in [0.29, 0.717) is 5.82 Å². The summed E-state index contributed by atoms with van der Waals surface area (Å²) >= 11 is 1.43. The minimum Gasteiger partial charge on any atom is -0.349 e. The van der Waals surface area contributed by atoms with E-state index in [1.54, 1.807) is 16.9 Å². The normalized spacial score (nSPS) is 15.4. The molecule has 0 saturated carbocycles. The molecule has 2 aromatic carbocycles. The number of hydrogen-bond donors (Lipinski definition) is 1. The molecule has 5 rings (SSSR count). The molecule has 2 aromatic heterocycles. The summed E-state index contributed by atoms with van der Waals surface area (Å²) in [6.45, 7) is 10.3. The molecule has 0 radical (unpaired) electrons. The molecule has 0 unspecified atom stereocenters. The van der Waals surface area contributed by atoms with Crippen LogP contribution < -0.4 is 10.2 Å². The molecule has 41 heavy (non-hydrogen) atoms. The highest BCUT2D eigenvalue weighted by Crippen LogP contribution is 2.48. The monoisotopic (exact) mass is 571 g/mol. The van der Waals surface area contributed by atoms with Gasteiger partial charge in [0.2, 0.25) is 11.8 Å². The van der Waals surface area contributed by atoms with Crippen LogP contribution in [0.4, 0.5) is 10.2 Å². The van der Waals surface area contributed by atoms with Crippen LogP contribution in [0.2, 0.25) is 0 Å². The van der Waals surface area contributed by atoms with Crippen molar-refractivity contribution in [2.24, 2.45) is 0 Å². The number of nitrogens with one attached hydrogen (secondary N) is 1. The summed E-state index contributed by atoms with van der Waals surface area (Å²) in [5.41, 5.74) is 5.59. The maximum absolute atomic E-state index is 14.5. The summed E-state index contributed by atoms with van der Waals surface area (Å²) in [7, 11) is 0. The molecule has 212 valence electrons. The van der Waals surface area contributed by atoms with Crippen molar-refractivity contribution in [1.29, 1.82) is 0 Å². The Morgan fingerprint density at radius 3 is 2.59 bits per heavy atom. The number of hydrogen-bond acceptors (Lipinski definition) is 5. The third-order valence-corrected chi connectivity index (χ3v) is 8.28. The number of fused-ring (bicyclic) bond motifs is 1. The minimum absolute atomic E-state index is 0.125. The van der Waals surface area contributed by atoms with E-state index >= 15 is 0 Å². The first-order chi connectivity index (χ1) is 19.5. The number of aryl methyl sites for hydroxylation is 2. The minimum atomic E-state index is -0.402. The first-order valence-electron chi connectivity index (χ1n) is 13.6. The molecule has 9 heteroatoms. The predicted octanol–water partition coefficient (Wildman–Crippen LogP) is 5.81. The predicted molar refractivity (Wildman–Crippen MR) is 161 cm³/mol. The van der Waals surface area contributed by atoms with Crippen molar-refractivity contribution in [1.82, 2.24) is 20.1 Å². The van der Waals surface area contributed by atoms with Crippen molar-refractivity contribution >= 4 is 29.4 Å². The highest BCUT2D eigenvalue weighted by atomic mass is 32.2. The second kappa shape index (κ2) is 11.5.